The van der Waals surface area contributed by atoms with Crippen molar-refractivity contribution in [2.24, 2.45) is 5.92 Å². The average Bonchev–Trinajstić information content (AvgIpc) is 2.82. The Balaban J connectivity index is 2.02. The number of carbonyl (C=O) groups is 1. The molecule has 1 atom stereocenters. The van der Waals surface area contributed by atoms with Gasteiger partial charge in [0, 0.05) is 32.4 Å². The van der Waals surface area contributed by atoms with Crippen molar-refractivity contribution in [1.29, 1.82) is 0 Å². The van der Waals surface area contributed by atoms with Crippen molar-refractivity contribution in [1.82, 2.24) is 19.4 Å². The molecule has 1 aliphatic heterocycles. The smallest absolute Gasteiger partial charge is 0.248 e. The predicted molar refractivity (Wildman–Crippen MR) is 85.1 cm³/mol. The molecule has 1 aliphatic rings. The maximum atomic E-state index is 12.3. The Hall–Kier alpha value is -1.45. The first-order chi connectivity index (χ1) is 10.9. The quantitative estimate of drug-likeness (QED) is 0.740. The number of hydrogen-bond donors (Lipinski definition) is 1. The lowest BCUT2D eigenvalue weighted by atomic mass is 10.1. The van der Waals surface area contributed by atoms with Gasteiger partial charge in [0.25, 0.3) is 0 Å². The highest BCUT2D eigenvalue weighted by molar-refractivity contribution is 7.88. The summed E-state index contributed by atoms with van der Waals surface area (Å²) in [5.41, 5.74) is 0.980. The number of fused-ring (bicyclic) bond motifs is 1. The number of ether oxygens (including phenoxy) is 1. The van der Waals surface area contributed by atoms with Crippen LogP contribution in [0.5, 0.6) is 0 Å². The molecule has 0 radical (unpaired) electrons. The summed E-state index contributed by atoms with van der Waals surface area (Å²) in [6, 6.07) is 1.90. The second-order valence-electron chi connectivity index (χ2n) is 5.74. The molecular formula is C14H24N4O4S. The van der Waals surface area contributed by atoms with Crippen LogP contribution in [0.3, 0.4) is 0 Å². The van der Waals surface area contributed by atoms with Gasteiger partial charge >= 0.3 is 0 Å². The van der Waals surface area contributed by atoms with Gasteiger partial charge in [-0.15, -0.1) is 0 Å². The Labute approximate surface area is 136 Å². The zero-order valence-electron chi connectivity index (χ0n) is 13.6. The second-order valence-corrected chi connectivity index (χ2v) is 7.57. The molecule has 0 fully saturated rings. The van der Waals surface area contributed by atoms with Gasteiger partial charge < -0.3 is 9.64 Å². The van der Waals surface area contributed by atoms with Gasteiger partial charge in [-0.25, -0.2) is 13.1 Å². The molecule has 0 unspecified atom stereocenters. The van der Waals surface area contributed by atoms with Crippen LogP contribution in [0.25, 0.3) is 0 Å². The van der Waals surface area contributed by atoms with E-state index in [0.29, 0.717) is 39.2 Å². The molecule has 1 N–H and O–H groups in total. The molecule has 1 aromatic rings. The number of hydrogen-bond acceptors (Lipinski definition) is 5. The monoisotopic (exact) mass is 344 g/mol. The fourth-order valence-corrected chi connectivity index (χ4v) is 3.12. The molecule has 0 aliphatic carbocycles. The van der Waals surface area contributed by atoms with Crippen LogP contribution in [0, 0.1) is 5.92 Å². The second kappa shape index (κ2) is 7.89. The number of amides is 1. The molecule has 1 aromatic heterocycles. The van der Waals surface area contributed by atoms with Crippen molar-refractivity contribution in [3.63, 3.8) is 0 Å². The molecule has 9 heteroatoms. The van der Waals surface area contributed by atoms with Crippen molar-refractivity contribution in [2.75, 3.05) is 32.6 Å². The molecule has 2 rings (SSSR count). The molecule has 0 saturated carbocycles. The molecule has 0 bridgehead atoms. The largest absolute Gasteiger partial charge is 0.372 e. The van der Waals surface area contributed by atoms with E-state index in [1.54, 1.807) is 11.1 Å². The topological polar surface area (TPSA) is 93.5 Å². The molecule has 23 heavy (non-hydrogen) atoms. The SMILES string of the molecule is CCOCC(=O)N1Cc2ccnn2C[C@@H](CCNS(C)(=O)=O)C1. The van der Waals surface area contributed by atoms with Gasteiger partial charge in [0.1, 0.15) is 6.61 Å². The average molecular weight is 344 g/mol. The Morgan fingerprint density at radius 1 is 1.48 bits per heavy atom. The third kappa shape index (κ3) is 5.60. The van der Waals surface area contributed by atoms with E-state index in [1.165, 1.54) is 0 Å². The van der Waals surface area contributed by atoms with Crippen LogP contribution in [0.15, 0.2) is 12.3 Å². The molecule has 0 saturated heterocycles. The van der Waals surface area contributed by atoms with E-state index in [2.05, 4.69) is 9.82 Å². The number of aromatic nitrogens is 2. The highest BCUT2D eigenvalue weighted by atomic mass is 32.2. The van der Waals surface area contributed by atoms with Crippen LogP contribution in [0.1, 0.15) is 19.0 Å². The number of sulfonamides is 1. The van der Waals surface area contributed by atoms with Gasteiger partial charge in [-0.05, 0) is 25.3 Å². The molecule has 8 nitrogen and oxygen atoms in total. The van der Waals surface area contributed by atoms with E-state index in [-0.39, 0.29) is 18.4 Å². The summed E-state index contributed by atoms with van der Waals surface area (Å²) in [4.78, 5) is 14.0. The zero-order chi connectivity index (χ0) is 16.9. The number of nitrogens with zero attached hydrogens (tertiary/aromatic N) is 3. The lowest BCUT2D eigenvalue weighted by molar-refractivity contribution is -0.137. The van der Waals surface area contributed by atoms with Crippen LogP contribution in [0.4, 0.5) is 0 Å². The van der Waals surface area contributed by atoms with Gasteiger partial charge in [-0.2, -0.15) is 5.10 Å². The first-order valence-electron chi connectivity index (χ1n) is 7.70. The van der Waals surface area contributed by atoms with E-state index in [4.69, 9.17) is 4.74 Å². The van der Waals surface area contributed by atoms with Crippen LogP contribution >= 0.6 is 0 Å². The lowest BCUT2D eigenvalue weighted by Crippen LogP contribution is -2.37. The number of rotatable bonds is 7. The standard InChI is InChI=1S/C14H24N4O4S/c1-3-22-11-14(19)17-8-12(4-7-16-23(2,20)21)9-18-13(10-17)5-6-15-18/h5-6,12,16H,3-4,7-11H2,1-2H3/t12-/m0/s1. The van der Waals surface area contributed by atoms with Crippen molar-refractivity contribution >= 4 is 15.9 Å². The third-order valence-corrected chi connectivity index (χ3v) is 4.49. The van der Waals surface area contributed by atoms with Gasteiger partial charge in [0.15, 0.2) is 0 Å². The third-order valence-electron chi connectivity index (χ3n) is 3.77. The van der Waals surface area contributed by atoms with Crippen molar-refractivity contribution in [3.8, 4) is 0 Å². The van der Waals surface area contributed by atoms with E-state index in [0.717, 1.165) is 11.9 Å². The summed E-state index contributed by atoms with van der Waals surface area (Å²) in [5.74, 6) is 0.0820. The number of carbonyl (C=O) groups excluding carboxylic acids is 1. The zero-order valence-corrected chi connectivity index (χ0v) is 14.4. The number of nitrogens with one attached hydrogen (secondary N) is 1. The molecule has 1 amide bonds. The van der Waals surface area contributed by atoms with Gasteiger partial charge in [-0.1, -0.05) is 0 Å². The Morgan fingerprint density at radius 2 is 2.26 bits per heavy atom. The summed E-state index contributed by atoms with van der Waals surface area (Å²) >= 11 is 0. The van der Waals surface area contributed by atoms with Gasteiger partial charge in [0.05, 0.1) is 18.5 Å². The fourth-order valence-electron chi connectivity index (χ4n) is 2.63. The van der Waals surface area contributed by atoms with Gasteiger partial charge in [-0.3, -0.25) is 9.48 Å². The normalized spacial score (nSPS) is 18.5. The van der Waals surface area contributed by atoms with Crippen LogP contribution in [-0.2, 0) is 32.6 Å². The molecule has 0 aromatic carbocycles. The van der Waals surface area contributed by atoms with E-state index in [1.807, 2.05) is 17.7 Å². The van der Waals surface area contributed by atoms with Crippen LogP contribution in [-0.4, -0.2) is 61.6 Å². The minimum Gasteiger partial charge on any atom is -0.372 e. The summed E-state index contributed by atoms with van der Waals surface area (Å²) in [6.07, 6.45) is 3.51. The van der Waals surface area contributed by atoms with E-state index < -0.39 is 10.0 Å². The molecule has 0 spiro atoms. The predicted octanol–water partition coefficient (Wildman–Crippen LogP) is -0.183. The summed E-state index contributed by atoms with van der Waals surface area (Å²) in [7, 11) is -3.20. The first-order valence-corrected chi connectivity index (χ1v) is 9.59. The van der Waals surface area contributed by atoms with Crippen molar-refractivity contribution in [3.05, 3.63) is 18.0 Å². The minimum absolute atomic E-state index is 0.0532. The molecule has 130 valence electrons. The van der Waals surface area contributed by atoms with Gasteiger partial charge in [0.2, 0.25) is 15.9 Å². The summed E-state index contributed by atoms with van der Waals surface area (Å²) in [5, 5.41) is 4.29. The minimum atomic E-state index is -3.20. The fraction of sp³-hybridized carbons (Fsp3) is 0.714. The maximum Gasteiger partial charge on any atom is 0.248 e. The van der Waals surface area contributed by atoms with Crippen LogP contribution in [0.2, 0.25) is 0 Å². The van der Waals surface area contributed by atoms with Crippen molar-refractivity contribution < 1.29 is 17.9 Å². The molecular weight excluding hydrogens is 320 g/mol. The van der Waals surface area contributed by atoms with E-state index in [9.17, 15) is 13.2 Å². The highest BCUT2D eigenvalue weighted by Gasteiger charge is 2.25. The van der Waals surface area contributed by atoms with Crippen LogP contribution < -0.4 is 4.72 Å². The Bertz CT molecular complexity index is 628. The lowest BCUT2D eigenvalue weighted by Gasteiger charge is -2.24. The summed E-state index contributed by atoms with van der Waals surface area (Å²) in [6.45, 7) is 4.52. The Morgan fingerprint density at radius 3 is 2.96 bits per heavy atom. The first kappa shape index (κ1) is 17.9. The highest BCUT2D eigenvalue weighted by Crippen LogP contribution is 2.18. The van der Waals surface area contributed by atoms with Crippen molar-refractivity contribution in [2.45, 2.75) is 26.4 Å². The molecule has 2 heterocycles. The Kier molecular flexibility index (Phi) is 6.14. The summed E-state index contributed by atoms with van der Waals surface area (Å²) < 4.78 is 32.0. The maximum absolute atomic E-state index is 12.3. The van der Waals surface area contributed by atoms with E-state index >= 15 is 0 Å².